The van der Waals surface area contributed by atoms with Crippen molar-refractivity contribution in [2.45, 2.75) is 18.9 Å². The van der Waals surface area contributed by atoms with Crippen LogP contribution in [0.2, 0.25) is 0 Å². The van der Waals surface area contributed by atoms with Crippen LogP contribution in [0, 0.1) is 0 Å². The lowest BCUT2D eigenvalue weighted by Gasteiger charge is -2.19. The molecule has 0 radical (unpaired) electrons. The molecule has 1 aliphatic heterocycles. The fourth-order valence-corrected chi connectivity index (χ4v) is 1.88. The van der Waals surface area contributed by atoms with Crippen molar-refractivity contribution in [2.75, 3.05) is 6.61 Å². The Hall–Kier alpha value is -0.740. The van der Waals surface area contributed by atoms with Gasteiger partial charge in [-0.25, -0.2) is 0 Å². The highest BCUT2D eigenvalue weighted by Crippen LogP contribution is 2.31. The van der Waals surface area contributed by atoms with Crippen LogP contribution in [-0.4, -0.2) is 11.7 Å². The maximum Gasteiger partial charge on any atom is 0.175 e. The highest BCUT2D eigenvalue weighted by atomic mass is 79.9. The molecule has 2 heterocycles. The maximum atomic E-state index is 9.93. The van der Waals surface area contributed by atoms with Gasteiger partial charge < -0.3 is 14.3 Å². The van der Waals surface area contributed by atoms with Gasteiger partial charge in [0.1, 0.15) is 11.9 Å². The second kappa shape index (κ2) is 4.19. The van der Waals surface area contributed by atoms with Crippen LogP contribution in [0.1, 0.15) is 24.5 Å². The van der Waals surface area contributed by atoms with E-state index < -0.39 is 6.10 Å². The van der Waals surface area contributed by atoms with Gasteiger partial charge in [-0.2, -0.15) is 0 Å². The Morgan fingerprint density at radius 3 is 2.93 bits per heavy atom. The first-order chi connectivity index (χ1) is 6.79. The van der Waals surface area contributed by atoms with Crippen LogP contribution in [0.15, 0.2) is 33.3 Å². The van der Waals surface area contributed by atoms with Gasteiger partial charge in [0.2, 0.25) is 0 Å². The lowest BCUT2D eigenvalue weighted by molar-refractivity contribution is 0.0909. The zero-order valence-corrected chi connectivity index (χ0v) is 9.16. The average molecular weight is 259 g/mol. The standard InChI is InChI=1S/C10H11BrO3/c11-10-7(4-6-14-10)9(12)8-3-1-2-5-13-8/h3-4,6,9,12H,1-2,5H2. The van der Waals surface area contributed by atoms with E-state index in [1.165, 1.54) is 6.26 Å². The van der Waals surface area contributed by atoms with Crippen molar-refractivity contribution in [3.8, 4) is 0 Å². The first-order valence-corrected chi connectivity index (χ1v) is 5.32. The van der Waals surface area contributed by atoms with Crippen LogP contribution in [0.25, 0.3) is 0 Å². The topological polar surface area (TPSA) is 42.6 Å². The predicted molar refractivity (Wildman–Crippen MR) is 54.6 cm³/mol. The van der Waals surface area contributed by atoms with Crippen LogP contribution < -0.4 is 0 Å². The third-order valence-corrected chi connectivity index (χ3v) is 2.82. The molecule has 0 saturated heterocycles. The molecule has 0 aliphatic carbocycles. The largest absolute Gasteiger partial charge is 0.495 e. The van der Waals surface area contributed by atoms with Crippen molar-refractivity contribution in [1.29, 1.82) is 0 Å². The molecule has 1 unspecified atom stereocenters. The van der Waals surface area contributed by atoms with E-state index >= 15 is 0 Å². The molecule has 4 heteroatoms. The van der Waals surface area contributed by atoms with Gasteiger partial charge in [-0.3, -0.25) is 0 Å². The zero-order valence-electron chi connectivity index (χ0n) is 7.57. The van der Waals surface area contributed by atoms with Crippen molar-refractivity contribution < 1.29 is 14.3 Å². The molecule has 0 bridgehead atoms. The van der Waals surface area contributed by atoms with E-state index in [9.17, 15) is 5.11 Å². The Morgan fingerprint density at radius 1 is 1.50 bits per heavy atom. The molecule has 1 aromatic heterocycles. The summed E-state index contributed by atoms with van der Waals surface area (Å²) in [6.07, 6.45) is 4.72. The number of hydrogen-bond donors (Lipinski definition) is 1. The fraction of sp³-hybridized carbons (Fsp3) is 0.400. The first kappa shape index (κ1) is 9.80. The van der Waals surface area contributed by atoms with Crippen LogP contribution in [-0.2, 0) is 4.74 Å². The van der Waals surface area contributed by atoms with Crippen molar-refractivity contribution >= 4 is 15.9 Å². The van der Waals surface area contributed by atoms with Crippen LogP contribution in [0.3, 0.4) is 0 Å². The minimum Gasteiger partial charge on any atom is -0.495 e. The molecule has 1 aromatic rings. The van der Waals surface area contributed by atoms with Gasteiger partial charge in [0.25, 0.3) is 0 Å². The SMILES string of the molecule is OC(C1=CCCCO1)c1ccoc1Br. The lowest BCUT2D eigenvalue weighted by atomic mass is 10.1. The van der Waals surface area contributed by atoms with Crippen LogP contribution in [0.5, 0.6) is 0 Å². The van der Waals surface area contributed by atoms with E-state index in [1.807, 2.05) is 6.08 Å². The quantitative estimate of drug-likeness (QED) is 0.887. The van der Waals surface area contributed by atoms with Crippen molar-refractivity contribution in [3.05, 3.63) is 34.4 Å². The summed E-state index contributed by atoms with van der Waals surface area (Å²) >= 11 is 3.22. The third-order valence-electron chi connectivity index (χ3n) is 2.17. The van der Waals surface area contributed by atoms with Crippen molar-refractivity contribution in [3.63, 3.8) is 0 Å². The molecule has 76 valence electrons. The molecule has 2 rings (SSSR count). The third kappa shape index (κ3) is 1.86. The smallest absolute Gasteiger partial charge is 0.175 e. The van der Waals surface area contributed by atoms with Gasteiger partial charge in [-0.05, 0) is 40.9 Å². The summed E-state index contributed by atoms with van der Waals surface area (Å²) < 4.78 is 11.0. The Balaban J connectivity index is 2.19. The fourth-order valence-electron chi connectivity index (χ4n) is 1.42. The molecule has 1 atom stereocenters. The normalized spacial score (nSPS) is 18.6. The molecule has 3 nitrogen and oxygen atoms in total. The van der Waals surface area contributed by atoms with E-state index in [4.69, 9.17) is 9.15 Å². The summed E-state index contributed by atoms with van der Waals surface area (Å²) in [5, 5.41) is 9.93. The summed E-state index contributed by atoms with van der Waals surface area (Å²) in [5.74, 6) is 0.623. The number of hydrogen-bond acceptors (Lipinski definition) is 3. The second-order valence-electron chi connectivity index (χ2n) is 3.15. The van der Waals surface area contributed by atoms with E-state index in [0.717, 1.165) is 12.8 Å². The molecular formula is C10H11BrO3. The van der Waals surface area contributed by atoms with Gasteiger partial charge in [0.15, 0.2) is 4.67 Å². The Labute approximate surface area is 90.5 Å². The number of furan rings is 1. The van der Waals surface area contributed by atoms with Crippen LogP contribution in [0.4, 0.5) is 0 Å². The van der Waals surface area contributed by atoms with E-state index in [1.54, 1.807) is 6.07 Å². The van der Waals surface area contributed by atoms with Gasteiger partial charge in [0, 0.05) is 5.56 Å². The molecule has 0 spiro atoms. The van der Waals surface area contributed by atoms with Crippen LogP contribution >= 0.6 is 15.9 Å². The minimum absolute atomic E-state index is 0.556. The van der Waals surface area contributed by atoms with Gasteiger partial charge in [-0.1, -0.05) is 0 Å². The van der Waals surface area contributed by atoms with E-state index in [2.05, 4.69) is 15.9 Å². The summed E-state index contributed by atoms with van der Waals surface area (Å²) in [7, 11) is 0. The monoisotopic (exact) mass is 258 g/mol. The number of aliphatic hydroxyl groups excluding tert-OH is 1. The van der Waals surface area contributed by atoms with Gasteiger partial charge in [-0.15, -0.1) is 0 Å². The van der Waals surface area contributed by atoms with Gasteiger partial charge >= 0.3 is 0 Å². The van der Waals surface area contributed by atoms with Crippen molar-refractivity contribution in [2.24, 2.45) is 0 Å². The van der Waals surface area contributed by atoms with Gasteiger partial charge in [0.05, 0.1) is 12.9 Å². The van der Waals surface area contributed by atoms with E-state index in [-0.39, 0.29) is 0 Å². The zero-order chi connectivity index (χ0) is 9.97. The second-order valence-corrected chi connectivity index (χ2v) is 3.87. The minimum atomic E-state index is -0.719. The highest BCUT2D eigenvalue weighted by molar-refractivity contribution is 9.10. The number of allylic oxidation sites excluding steroid dienone is 1. The Morgan fingerprint density at radius 2 is 2.36 bits per heavy atom. The maximum absolute atomic E-state index is 9.93. The molecule has 1 N–H and O–H groups in total. The molecule has 0 amide bonds. The summed E-state index contributed by atoms with van der Waals surface area (Å²) in [4.78, 5) is 0. The predicted octanol–water partition coefficient (Wildman–Crippen LogP) is 2.77. The molecule has 0 fully saturated rings. The Bertz CT molecular complexity index is 343. The Kier molecular flexibility index (Phi) is 2.93. The van der Waals surface area contributed by atoms with E-state index in [0.29, 0.717) is 22.6 Å². The summed E-state index contributed by atoms with van der Waals surface area (Å²) in [5.41, 5.74) is 0.707. The molecule has 0 saturated carbocycles. The summed E-state index contributed by atoms with van der Waals surface area (Å²) in [6.45, 7) is 0.679. The molecule has 0 aromatic carbocycles. The van der Waals surface area contributed by atoms with Crippen molar-refractivity contribution in [1.82, 2.24) is 0 Å². The first-order valence-electron chi connectivity index (χ1n) is 4.53. The molecule has 14 heavy (non-hydrogen) atoms. The molecule has 1 aliphatic rings. The lowest BCUT2D eigenvalue weighted by Crippen LogP contribution is -2.09. The number of ether oxygens (including phenoxy) is 1. The highest BCUT2D eigenvalue weighted by Gasteiger charge is 2.20. The molecular weight excluding hydrogens is 248 g/mol. The number of aliphatic hydroxyl groups is 1. The number of rotatable bonds is 2. The summed E-state index contributed by atoms with van der Waals surface area (Å²) in [6, 6.07) is 1.73. The number of halogens is 1. The average Bonchev–Trinajstić information content (AvgIpc) is 2.65.